The Bertz CT molecular complexity index is 884. The van der Waals surface area contributed by atoms with Crippen molar-refractivity contribution in [2.75, 3.05) is 13.1 Å². The van der Waals surface area contributed by atoms with Crippen LogP contribution in [-0.2, 0) is 11.3 Å². The fourth-order valence-electron chi connectivity index (χ4n) is 3.28. The Balaban J connectivity index is 1.56. The van der Waals surface area contributed by atoms with Crippen molar-refractivity contribution in [3.63, 3.8) is 0 Å². The normalized spacial score (nSPS) is 14.4. The molecule has 1 saturated heterocycles. The quantitative estimate of drug-likeness (QED) is 0.611. The van der Waals surface area contributed by atoms with Crippen molar-refractivity contribution in [2.24, 2.45) is 0 Å². The molecule has 1 aliphatic rings. The second kappa shape index (κ2) is 10.8. The van der Waals surface area contributed by atoms with Gasteiger partial charge in [0.15, 0.2) is 0 Å². The maximum absolute atomic E-state index is 12.5. The van der Waals surface area contributed by atoms with Crippen LogP contribution in [0, 0.1) is 0 Å². The minimum Gasteiger partial charge on any atom is -0.489 e. The van der Waals surface area contributed by atoms with E-state index in [0.717, 1.165) is 24.8 Å². The molecule has 3 rings (SSSR count). The number of aromatic nitrogens is 1. The predicted molar refractivity (Wildman–Crippen MR) is 120 cm³/mol. The molecule has 1 fully saturated rings. The molecule has 2 heterocycles. The molecule has 8 heteroatoms. The molecule has 0 aliphatic carbocycles. The van der Waals surface area contributed by atoms with E-state index in [1.807, 2.05) is 24.0 Å². The van der Waals surface area contributed by atoms with E-state index in [9.17, 15) is 9.59 Å². The topological polar surface area (TPSA) is 71.5 Å². The zero-order chi connectivity index (χ0) is 21.5. The molecular weight excluding hydrogens is 470 g/mol. The molecule has 1 aromatic heterocycles. The van der Waals surface area contributed by atoms with E-state index in [0.29, 0.717) is 41.3 Å². The van der Waals surface area contributed by atoms with E-state index in [1.165, 1.54) is 0 Å². The minimum atomic E-state index is -0.276. The number of likely N-dealkylation sites (tertiary alicyclic amines) is 1. The molecule has 1 aromatic carbocycles. The highest BCUT2D eigenvalue weighted by atomic mass is 79.9. The monoisotopic (exact) mass is 493 g/mol. The highest BCUT2D eigenvalue weighted by molar-refractivity contribution is 9.10. The number of nitrogens with one attached hydrogen (secondary N) is 1. The molecule has 2 amide bonds. The number of halogens is 2. The highest BCUT2D eigenvalue weighted by Gasteiger charge is 2.24. The third kappa shape index (κ3) is 6.19. The standard InChI is InChI=1S/C22H25BrClN3O3/c1-2-3-21(28)27-10-8-17(9-11-27)30-20-12-19(25-14-18(20)23)22(29)26-13-15-4-6-16(24)7-5-15/h4-7,12,14,17H,2-3,8-11,13H2,1H3,(H,26,29). The molecular formula is C22H25BrClN3O3. The Labute approximate surface area is 190 Å². The van der Waals surface area contributed by atoms with Crippen LogP contribution in [0.3, 0.4) is 0 Å². The molecule has 30 heavy (non-hydrogen) atoms. The number of rotatable bonds is 7. The van der Waals surface area contributed by atoms with E-state index in [2.05, 4.69) is 26.2 Å². The molecule has 0 unspecified atom stereocenters. The SMILES string of the molecule is CCCC(=O)N1CCC(Oc2cc(C(=O)NCc3ccc(Cl)cc3)ncc2Br)CC1. The third-order valence-electron chi connectivity index (χ3n) is 4.97. The Hall–Kier alpha value is -2.12. The van der Waals surface area contributed by atoms with Gasteiger partial charge in [0.25, 0.3) is 5.91 Å². The number of hydrogen-bond donors (Lipinski definition) is 1. The fourth-order valence-corrected chi connectivity index (χ4v) is 3.72. The molecule has 0 spiro atoms. The third-order valence-corrected chi connectivity index (χ3v) is 5.82. The predicted octanol–water partition coefficient (Wildman–Crippen LogP) is 4.60. The molecule has 2 aromatic rings. The summed E-state index contributed by atoms with van der Waals surface area (Å²) >= 11 is 9.33. The van der Waals surface area contributed by atoms with Gasteiger partial charge in [0.1, 0.15) is 17.5 Å². The van der Waals surface area contributed by atoms with Crippen LogP contribution in [-0.4, -0.2) is 40.9 Å². The van der Waals surface area contributed by atoms with Crippen LogP contribution < -0.4 is 10.1 Å². The average Bonchev–Trinajstić information content (AvgIpc) is 2.75. The Morgan fingerprint density at radius 2 is 1.97 bits per heavy atom. The van der Waals surface area contributed by atoms with Crippen molar-refractivity contribution >= 4 is 39.3 Å². The van der Waals surface area contributed by atoms with Gasteiger partial charge >= 0.3 is 0 Å². The van der Waals surface area contributed by atoms with E-state index >= 15 is 0 Å². The van der Waals surface area contributed by atoms with Gasteiger partial charge in [-0.1, -0.05) is 30.7 Å². The van der Waals surface area contributed by atoms with Gasteiger partial charge in [0.05, 0.1) is 4.47 Å². The van der Waals surface area contributed by atoms with Crippen LogP contribution in [0.2, 0.25) is 5.02 Å². The number of carbonyl (C=O) groups is 2. The first-order chi connectivity index (χ1) is 14.5. The lowest BCUT2D eigenvalue weighted by Crippen LogP contribution is -2.41. The van der Waals surface area contributed by atoms with Gasteiger partial charge in [-0.15, -0.1) is 0 Å². The lowest BCUT2D eigenvalue weighted by atomic mass is 10.1. The largest absolute Gasteiger partial charge is 0.489 e. The summed E-state index contributed by atoms with van der Waals surface area (Å²) in [4.78, 5) is 30.6. The number of benzene rings is 1. The maximum atomic E-state index is 12.5. The van der Waals surface area contributed by atoms with Gasteiger partial charge in [-0.05, 0) is 40.0 Å². The van der Waals surface area contributed by atoms with E-state index < -0.39 is 0 Å². The van der Waals surface area contributed by atoms with Gasteiger partial charge in [0.2, 0.25) is 5.91 Å². The summed E-state index contributed by atoms with van der Waals surface area (Å²) in [7, 11) is 0. The van der Waals surface area contributed by atoms with Crippen molar-refractivity contribution in [2.45, 2.75) is 45.3 Å². The van der Waals surface area contributed by atoms with E-state index in [1.54, 1.807) is 24.4 Å². The van der Waals surface area contributed by atoms with Gasteiger partial charge in [-0.2, -0.15) is 0 Å². The molecule has 1 N–H and O–H groups in total. The molecule has 0 bridgehead atoms. The van der Waals surface area contributed by atoms with Crippen molar-refractivity contribution in [1.29, 1.82) is 0 Å². The van der Waals surface area contributed by atoms with Crippen molar-refractivity contribution in [3.8, 4) is 5.75 Å². The lowest BCUT2D eigenvalue weighted by Gasteiger charge is -2.32. The summed E-state index contributed by atoms with van der Waals surface area (Å²) < 4.78 is 6.82. The number of piperidine rings is 1. The van der Waals surface area contributed by atoms with Crippen LogP contribution in [0.1, 0.15) is 48.7 Å². The Morgan fingerprint density at radius 3 is 2.63 bits per heavy atom. The van der Waals surface area contributed by atoms with Gasteiger partial charge < -0.3 is 15.0 Å². The molecule has 6 nitrogen and oxygen atoms in total. The summed E-state index contributed by atoms with van der Waals surface area (Å²) in [6, 6.07) is 8.95. The number of nitrogens with zero attached hydrogens (tertiary/aromatic N) is 2. The van der Waals surface area contributed by atoms with Crippen LogP contribution in [0.5, 0.6) is 5.75 Å². The van der Waals surface area contributed by atoms with E-state index in [4.69, 9.17) is 16.3 Å². The second-order valence-corrected chi connectivity index (χ2v) is 8.55. The number of carbonyl (C=O) groups excluding carboxylic acids is 2. The maximum Gasteiger partial charge on any atom is 0.270 e. The molecule has 0 atom stereocenters. The molecule has 0 saturated carbocycles. The first kappa shape index (κ1) is 22.6. The smallest absolute Gasteiger partial charge is 0.270 e. The van der Waals surface area contributed by atoms with Gasteiger partial charge in [0, 0.05) is 56.2 Å². The van der Waals surface area contributed by atoms with Crippen molar-refractivity contribution in [1.82, 2.24) is 15.2 Å². The van der Waals surface area contributed by atoms with Crippen LogP contribution in [0.4, 0.5) is 0 Å². The van der Waals surface area contributed by atoms with Crippen molar-refractivity contribution in [3.05, 3.63) is 57.3 Å². The summed E-state index contributed by atoms with van der Waals surface area (Å²) in [6.45, 7) is 3.79. The first-order valence-electron chi connectivity index (χ1n) is 10.1. The zero-order valence-corrected chi connectivity index (χ0v) is 19.2. The fraction of sp³-hybridized carbons (Fsp3) is 0.409. The van der Waals surface area contributed by atoms with Crippen molar-refractivity contribution < 1.29 is 14.3 Å². The lowest BCUT2D eigenvalue weighted by molar-refractivity contribution is -0.133. The first-order valence-corrected chi connectivity index (χ1v) is 11.3. The Morgan fingerprint density at radius 1 is 1.27 bits per heavy atom. The molecule has 0 radical (unpaired) electrons. The summed E-state index contributed by atoms with van der Waals surface area (Å²) in [5.41, 5.74) is 1.24. The summed E-state index contributed by atoms with van der Waals surface area (Å²) in [5, 5.41) is 3.51. The van der Waals surface area contributed by atoms with E-state index in [-0.39, 0.29) is 23.6 Å². The highest BCUT2D eigenvalue weighted by Crippen LogP contribution is 2.28. The van der Waals surface area contributed by atoms with Crippen LogP contribution >= 0.6 is 27.5 Å². The van der Waals surface area contributed by atoms with Gasteiger partial charge in [-0.25, -0.2) is 4.98 Å². The summed E-state index contributed by atoms with van der Waals surface area (Å²) in [5.74, 6) is 0.517. The van der Waals surface area contributed by atoms with Gasteiger partial charge in [-0.3, -0.25) is 9.59 Å². The van der Waals surface area contributed by atoms with Crippen LogP contribution in [0.25, 0.3) is 0 Å². The van der Waals surface area contributed by atoms with Crippen LogP contribution in [0.15, 0.2) is 41.0 Å². The average molecular weight is 495 g/mol. The zero-order valence-electron chi connectivity index (χ0n) is 16.9. The Kier molecular flexibility index (Phi) is 8.10. The summed E-state index contributed by atoms with van der Waals surface area (Å²) in [6.07, 6.45) is 4.56. The molecule has 160 valence electrons. The number of ether oxygens (including phenoxy) is 1. The molecule has 1 aliphatic heterocycles. The minimum absolute atomic E-state index is 0.000597. The number of hydrogen-bond acceptors (Lipinski definition) is 4. The number of pyridine rings is 1. The second-order valence-electron chi connectivity index (χ2n) is 7.26. The number of amides is 2.